The lowest BCUT2D eigenvalue weighted by molar-refractivity contribution is 0.320. The summed E-state index contributed by atoms with van der Waals surface area (Å²) in [7, 11) is -1.38. The predicted octanol–water partition coefficient (Wildman–Crippen LogP) is 6.47. The van der Waals surface area contributed by atoms with Crippen molar-refractivity contribution in [1.82, 2.24) is 0 Å². The normalized spacial score (nSPS) is 11.8. The third-order valence-corrected chi connectivity index (χ3v) is 4.58. The van der Waals surface area contributed by atoms with E-state index in [0.29, 0.717) is 6.61 Å². The van der Waals surface area contributed by atoms with E-state index in [1.165, 1.54) is 57.8 Å². The summed E-state index contributed by atoms with van der Waals surface area (Å²) in [6.07, 6.45) is 16.1. The van der Waals surface area contributed by atoms with E-state index in [0.717, 1.165) is 25.4 Å². The van der Waals surface area contributed by atoms with Crippen molar-refractivity contribution < 1.29 is 9.09 Å². The smallest absolute Gasteiger partial charge is 0.146 e. The van der Waals surface area contributed by atoms with Crippen LogP contribution in [-0.2, 0) is 9.09 Å². The number of hydrogen-bond donors (Lipinski definition) is 0. The Balaban J connectivity index is 3.07. The Morgan fingerprint density at radius 2 is 1.16 bits per heavy atom. The van der Waals surface area contributed by atoms with E-state index in [2.05, 4.69) is 13.8 Å². The molecule has 1 unspecified atom stereocenters. The summed E-state index contributed by atoms with van der Waals surface area (Å²) in [5, 5.41) is 0. The standard InChI is InChI=1S/C16H34O2P/c1-3-5-7-8-9-10-11-12-13-14-16-19(17)18-15-6-4-2/h3-16H2,1-2H3/q+1. The first-order chi connectivity index (χ1) is 9.31. The summed E-state index contributed by atoms with van der Waals surface area (Å²) in [4.78, 5) is 0. The molecule has 0 aliphatic carbocycles. The maximum atomic E-state index is 11.5. The minimum Gasteiger partial charge on any atom is -0.146 e. The highest BCUT2D eigenvalue weighted by Gasteiger charge is 2.15. The van der Waals surface area contributed by atoms with Crippen molar-refractivity contribution in [3.05, 3.63) is 0 Å². The first kappa shape index (κ1) is 19.1. The average Bonchev–Trinajstić information content (AvgIpc) is 2.41. The second-order valence-electron chi connectivity index (χ2n) is 5.43. The van der Waals surface area contributed by atoms with Crippen LogP contribution in [0.5, 0.6) is 0 Å². The highest BCUT2D eigenvalue weighted by Crippen LogP contribution is 2.24. The molecular formula is C16H34O2P+. The molecule has 0 saturated heterocycles. The Bertz CT molecular complexity index is 195. The molecule has 3 heteroatoms. The van der Waals surface area contributed by atoms with Crippen LogP contribution < -0.4 is 0 Å². The molecule has 0 aliphatic heterocycles. The minimum atomic E-state index is -1.38. The lowest BCUT2D eigenvalue weighted by Gasteiger charge is -2.00. The predicted molar refractivity (Wildman–Crippen MR) is 85.2 cm³/mol. The molecule has 0 amide bonds. The molecule has 0 bridgehead atoms. The largest absolute Gasteiger partial charge is 0.508 e. The monoisotopic (exact) mass is 289 g/mol. The first-order valence-electron chi connectivity index (χ1n) is 8.38. The topological polar surface area (TPSA) is 26.3 Å². The molecule has 2 nitrogen and oxygen atoms in total. The van der Waals surface area contributed by atoms with E-state index in [1.54, 1.807) is 0 Å². The van der Waals surface area contributed by atoms with E-state index in [1.807, 2.05) is 0 Å². The van der Waals surface area contributed by atoms with Gasteiger partial charge in [0.25, 0.3) is 0 Å². The lowest BCUT2D eigenvalue weighted by atomic mass is 10.1. The van der Waals surface area contributed by atoms with Gasteiger partial charge in [0.05, 0.1) is 0 Å². The van der Waals surface area contributed by atoms with Gasteiger partial charge in [-0.15, -0.1) is 4.52 Å². The van der Waals surface area contributed by atoms with Gasteiger partial charge in [-0.1, -0.05) is 71.6 Å². The van der Waals surface area contributed by atoms with Gasteiger partial charge < -0.3 is 0 Å². The van der Waals surface area contributed by atoms with Gasteiger partial charge in [0, 0.05) is 0 Å². The molecule has 0 radical (unpaired) electrons. The molecule has 0 aromatic carbocycles. The molecule has 1 atom stereocenters. The SMILES string of the molecule is CCCCCCCCCCCC[P+](=O)OCCCC. The Kier molecular flexibility index (Phi) is 16.2. The van der Waals surface area contributed by atoms with Crippen molar-refractivity contribution in [2.24, 2.45) is 0 Å². The fraction of sp³-hybridized carbons (Fsp3) is 1.00. The maximum Gasteiger partial charge on any atom is 0.508 e. The van der Waals surface area contributed by atoms with E-state index < -0.39 is 8.03 Å². The summed E-state index contributed by atoms with van der Waals surface area (Å²) in [5.41, 5.74) is 0. The van der Waals surface area contributed by atoms with E-state index in [9.17, 15) is 4.57 Å². The lowest BCUT2D eigenvalue weighted by Crippen LogP contribution is -1.89. The second kappa shape index (κ2) is 16.1. The summed E-state index contributed by atoms with van der Waals surface area (Å²) in [5.74, 6) is 0. The van der Waals surface area contributed by atoms with Crippen LogP contribution in [0.4, 0.5) is 0 Å². The fourth-order valence-electron chi connectivity index (χ4n) is 2.10. The second-order valence-corrected chi connectivity index (χ2v) is 6.80. The Morgan fingerprint density at radius 3 is 1.68 bits per heavy atom. The Labute approximate surface area is 121 Å². The molecule has 0 N–H and O–H groups in total. The highest BCUT2D eigenvalue weighted by atomic mass is 31.1. The van der Waals surface area contributed by atoms with Crippen LogP contribution in [0.3, 0.4) is 0 Å². The zero-order chi connectivity index (χ0) is 14.2. The van der Waals surface area contributed by atoms with Crippen molar-refractivity contribution in [2.45, 2.75) is 90.9 Å². The van der Waals surface area contributed by atoms with Gasteiger partial charge in [-0.05, 0) is 23.8 Å². The fourth-order valence-corrected chi connectivity index (χ4v) is 3.05. The summed E-state index contributed by atoms with van der Waals surface area (Å²) < 4.78 is 16.8. The maximum absolute atomic E-state index is 11.5. The molecule has 0 saturated carbocycles. The molecule has 0 rings (SSSR count). The van der Waals surface area contributed by atoms with Crippen LogP contribution >= 0.6 is 8.03 Å². The Morgan fingerprint density at radius 1 is 0.684 bits per heavy atom. The van der Waals surface area contributed by atoms with Gasteiger partial charge >= 0.3 is 8.03 Å². The van der Waals surface area contributed by atoms with E-state index in [4.69, 9.17) is 4.52 Å². The molecule has 0 heterocycles. The molecule has 114 valence electrons. The van der Waals surface area contributed by atoms with Crippen molar-refractivity contribution >= 4 is 8.03 Å². The molecule has 0 aromatic heterocycles. The van der Waals surface area contributed by atoms with E-state index in [-0.39, 0.29) is 0 Å². The first-order valence-corrected chi connectivity index (χ1v) is 9.75. The van der Waals surface area contributed by atoms with Crippen LogP contribution in [0, 0.1) is 0 Å². The third kappa shape index (κ3) is 16.0. The third-order valence-electron chi connectivity index (χ3n) is 3.43. The molecule has 19 heavy (non-hydrogen) atoms. The Hall–Kier alpha value is 0.0600. The van der Waals surface area contributed by atoms with Gasteiger partial charge in [0.15, 0.2) is 6.16 Å². The number of hydrogen-bond acceptors (Lipinski definition) is 2. The minimum absolute atomic E-state index is 0.670. The van der Waals surface area contributed by atoms with Gasteiger partial charge in [-0.2, -0.15) is 0 Å². The average molecular weight is 289 g/mol. The summed E-state index contributed by atoms with van der Waals surface area (Å²) in [6.45, 7) is 5.05. The van der Waals surface area contributed by atoms with Crippen molar-refractivity contribution in [3.63, 3.8) is 0 Å². The van der Waals surface area contributed by atoms with Crippen LogP contribution in [0.15, 0.2) is 0 Å². The highest BCUT2D eigenvalue weighted by molar-refractivity contribution is 7.39. The van der Waals surface area contributed by atoms with Crippen LogP contribution in [0.2, 0.25) is 0 Å². The summed E-state index contributed by atoms with van der Waals surface area (Å²) >= 11 is 0. The molecule has 0 aliphatic rings. The van der Waals surface area contributed by atoms with Crippen molar-refractivity contribution in [3.8, 4) is 0 Å². The van der Waals surface area contributed by atoms with E-state index >= 15 is 0 Å². The molecule has 0 aromatic rings. The molecule has 0 fully saturated rings. The van der Waals surface area contributed by atoms with Gasteiger partial charge in [0.1, 0.15) is 6.61 Å². The zero-order valence-electron chi connectivity index (χ0n) is 13.2. The zero-order valence-corrected chi connectivity index (χ0v) is 14.1. The molecule has 0 spiro atoms. The van der Waals surface area contributed by atoms with Crippen molar-refractivity contribution in [1.29, 1.82) is 0 Å². The molecular weight excluding hydrogens is 255 g/mol. The quantitative estimate of drug-likeness (QED) is 0.255. The summed E-state index contributed by atoms with van der Waals surface area (Å²) in [6, 6.07) is 0. The van der Waals surface area contributed by atoms with Crippen LogP contribution in [0.25, 0.3) is 0 Å². The van der Waals surface area contributed by atoms with Crippen molar-refractivity contribution in [2.75, 3.05) is 12.8 Å². The van der Waals surface area contributed by atoms with Gasteiger partial charge in [-0.3, -0.25) is 0 Å². The van der Waals surface area contributed by atoms with Crippen LogP contribution in [-0.4, -0.2) is 12.8 Å². The number of unbranched alkanes of at least 4 members (excludes halogenated alkanes) is 10. The number of rotatable bonds is 15. The van der Waals surface area contributed by atoms with Gasteiger partial charge in [0.2, 0.25) is 0 Å². The van der Waals surface area contributed by atoms with Crippen LogP contribution in [0.1, 0.15) is 90.9 Å². The van der Waals surface area contributed by atoms with Gasteiger partial charge in [-0.25, -0.2) is 0 Å².